The lowest BCUT2D eigenvalue weighted by atomic mass is 10.1. The first-order valence-electron chi connectivity index (χ1n) is 8.81. The lowest BCUT2D eigenvalue weighted by Gasteiger charge is -2.13. The number of halogens is 2. The maximum absolute atomic E-state index is 13.1. The molecule has 1 aromatic carbocycles. The van der Waals surface area contributed by atoms with Crippen LogP contribution in [0.4, 0.5) is 26.0 Å². The highest BCUT2D eigenvalue weighted by molar-refractivity contribution is 7.98. The number of aromatic nitrogens is 5. The van der Waals surface area contributed by atoms with Gasteiger partial charge in [-0.3, -0.25) is 4.79 Å². The van der Waals surface area contributed by atoms with E-state index in [1.54, 1.807) is 12.4 Å². The number of hydrogen-bond acceptors (Lipinski definition) is 6. The number of alkyl halides is 2. The van der Waals surface area contributed by atoms with Gasteiger partial charge in [0.05, 0.1) is 23.4 Å². The van der Waals surface area contributed by atoms with Crippen LogP contribution in [-0.4, -0.2) is 37.2 Å². The largest absolute Gasteiger partial charge is 0.353 e. The minimum atomic E-state index is -2.77. The summed E-state index contributed by atoms with van der Waals surface area (Å²) in [5.41, 5.74) is 3.43. The van der Waals surface area contributed by atoms with Crippen LogP contribution in [0.5, 0.6) is 0 Å². The zero-order valence-corrected chi connectivity index (χ0v) is 16.8. The summed E-state index contributed by atoms with van der Waals surface area (Å²) in [4.78, 5) is 26.7. The molecule has 30 heavy (non-hydrogen) atoms. The Kier molecular flexibility index (Phi) is 5.36. The number of imidazole rings is 2. The van der Waals surface area contributed by atoms with Crippen LogP contribution in [-0.2, 0) is 11.8 Å². The number of nitrogens with one attached hydrogen (secondary N) is 3. The molecule has 3 aromatic heterocycles. The van der Waals surface area contributed by atoms with Crippen LogP contribution in [0.2, 0.25) is 0 Å². The van der Waals surface area contributed by atoms with Crippen molar-refractivity contribution in [3.8, 4) is 11.3 Å². The van der Waals surface area contributed by atoms with E-state index in [0.29, 0.717) is 17.6 Å². The van der Waals surface area contributed by atoms with E-state index >= 15 is 0 Å². The van der Waals surface area contributed by atoms with E-state index in [-0.39, 0.29) is 11.5 Å². The molecule has 0 bridgehead atoms. The number of carbonyl (C=O) groups is 1. The molecule has 0 atom stereocenters. The Bertz CT molecular complexity index is 1220. The minimum Gasteiger partial charge on any atom is -0.353 e. The Morgan fingerprint density at radius 3 is 2.73 bits per heavy atom. The summed E-state index contributed by atoms with van der Waals surface area (Å²) < 4.78 is 28.1. The van der Waals surface area contributed by atoms with E-state index < -0.39 is 12.2 Å². The second-order valence-electron chi connectivity index (χ2n) is 6.40. The Labute approximate surface area is 174 Å². The van der Waals surface area contributed by atoms with Crippen molar-refractivity contribution in [3.63, 3.8) is 0 Å². The SMILES string of the molecule is CSc1cc(-c2cn(C)cn2)ccc1Nc1cc(NC=O)nc2nc(C(F)F)[nH]c12. The molecule has 0 aliphatic rings. The molecule has 0 aliphatic carbocycles. The zero-order valence-electron chi connectivity index (χ0n) is 16.0. The fourth-order valence-electron chi connectivity index (χ4n) is 3.00. The third-order valence-corrected chi connectivity index (χ3v) is 5.14. The molecule has 4 aromatic rings. The summed E-state index contributed by atoms with van der Waals surface area (Å²) in [5.74, 6) is -0.289. The third kappa shape index (κ3) is 3.83. The number of carbonyl (C=O) groups excluding carboxylic acids is 1. The molecule has 0 fully saturated rings. The Hall–Kier alpha value is -3.47. The highest BCUT2D eigenvalue weighted by atomic mass is 32.2. The van der Waals surface area contributed by atoms with Crippen LogP contribution < -0.4 is 10.6 Å². The molecular formula is C19H17F2N7OS. The number of nitrogens with zero attached hydrogens (tertiary/aromatic N) is 4. The van der Waals surface area contributed by atoms with Gasteiger partial charge in [0, 0.05) is 29.8 Å². The van der Waals surface area contributed by atoms with Crippen LogP contribution in [0.25, 0.3) is 22.4 Å². The normalized spacial score (nSPS) is 11.2. The number of anilines is 3. The Morgan fingerprint density at radius 2 is 2.07 bits per heavy atom. The first-order chi connectivity index (χ1) is 14.5. The van der Waals surface area contributed by atoms with Gasteiger partial charge in [0.25, 0.3) is 6.43 Å². The second kappa shape index (κ2) is 8.11. The van der Waals surface area contributed by atoms with Gasteiger partial charge >= 0.3 is 0 Å². The molecule has 0 saturated heterocycles. The minimum absolute atomic E-state index is 0.0791. The molecule has 0 unspecified atom stereocenters. The van der Waals surface area contributed by atoms with Gasteiger partial charge in [0.2, 0.25) is 6.41 Å². The van der Waals surface area contributed by atoms with Gasteiger partial charge in [-0.15, -0.1) is 11.8 Å². The van der Waals surface area contributed by atoms with E-state index in [9.17, 15) is 13.6 Å². The first kappa shape index (κ1) is 19.8. The van der Waals surface area contributed by atoms with Crippen molar-refractivity contribution < 1.29 is 13.6 Å². The van der Waals surface area contributed by atoms with Gasteiger partial charge in [-0.2, -0.15) is 0 Å². The van der Waals surface area contributed by atoms with Crippen molar-refractivity contribution in [3.05, 3.63) is 42.6 Å². The lowest BCUT2D eigenvalue weighted by molar-refractivity contribution is -0.105. The van der Waals surface area contributed by atoms with Crippen molar-refractivity contribution in [2.75, 3.05) is 16.9 Å². The molecule has 154 valence electrons. The summed E-state index contributed by atoms with van der Waals surface area (Å²) in [5, 5.41) is 5.68. The van der Waals surface area contributed by atoms with Crippen molar-refractivity contribution in [2.45, 2.75) is 11.3 Å². The van der Waals surface area contributed by atoms with E-state index in [2.05, 4.69) is 30.6 Å². The van der Waals surface area contributed by atoms with Gasteiger partial charge < -0.3 is 20.2 Å². The number of rotatable bonds is 7. The predicted molar refractivity (Wildman–Crippen MR) is 112 cm³/mol. The average Bonchev–Trinajstić information content (AvgIpc) is 3.35. The monoisotopic (exact) mass is 429 g/mol. The molecule has 1 amide bonds. The van der Waals surface area contributed by atoms with Crippen LogP contribution in [0, 0.1) is 0 Å². The van der Waals surface area contributed by atoms with Gasteiger partial charge in [-0.05, 0) is 18.4 Å². The summed E-state index contributed by atoms with van der Waals surface area (Å²) in [6.07, 6.45) is 3.29. The van der Waals surface area contributed by atoms with Gasteiger partial charge in [-0.1, -0.05) is 6.07 Å². The summed E-state index contributed by atoms with van der Waals surface area (Å²) >= 11 is 1.53. The molecule has 3 heterocycles. The highest BCUT2D eigenvalue weighted by Gasteiger charge is 2.18. The van der Waals surface area contributed by atoms with Gasteiger partial charge in [0.1, 0.15) is 11.3 Å². The fraction of sp³-hybridized carbons (Fsp3) is 0.158. The summed E-state index contributed by atoms with van der Waals surface area (Å²) in [6, 6.07) is 7.36. The van der Waals surface area contributed by atoms with E-state index in [1.807, 2.05) is 42.3 Å². The lowest BCUT2D eigenvalue weighted by Crippen LogP contribution is -2.00. The van der Waals surface area contributed by atoms with Crippen molar-refractivity contribution in [1.29, 1.82) is 0 Å². The number of amides is 1. The molecule has 8 nitrogen and oxygen atoms in total. The summed E-state index contributed by atoms with van der Waals surface area (Å²) in [6.45, 7) is 0. The highest BCUT2D eigenvalue weighted by Crippen LogP contribution is 2.35. The van der Waals surface area contributed by atoms with Crippen LogP contribution >= 0.6 is 11.8 Å². The van der Waals surface area contributed by atoms with Crippen molar-refractivity contribution >= 4 is 46.5 Å². The Morgan fingerprint density at radius 1 is 1.23 bits per heavy atom. The van der Waals surface area contributed by atoms with E-state index in [0.717, 1.165) is 21.8 Å². The molecule has 4 rings (SSSR count). The van der Waals surface area contributed by atoms with E-state index in [1.165, 1.54) is 11.8 Å². The number of pyridine rings is 1. The maximum Gasteiger partial charge on any atom is 0.295 e. The van der Waals surface area contributed by atoms with E-state index in [4.69, 9.17) is 0 Å². The number of thioether (sulfide) groups is 1. The number of H-pyrrole nitrogens is 1. The molecule has 0 radical (unpaired) electrons. The van der Waals surface area contributed by atoms with Crippen LogP contribution in [0.1, 0.15) is 12.2 Å². The number of benzene rings is 1. The maximum atomic E-state index is 13.1. The molecule has 3 N–H and O–H groups in total. The fourth-order valence-corrected chi connectivity index (χ4v) is 3.59. The first-order valence-corrected chi connectivity index (χ1v) is 10.0. The second-order valence-corrected chi connectivity index (χ2v) is 7.25. The Balaban J connectivity index is 1.76. The average molecular weight is 429 g/mol. The van der Waals surface area contributed by atoms with Crippen molar-refractivity contribution in [1.82, 2.24) is 24.5 Å². The van der Waals surface area contributed by atoms with Crippen LogP contribution in [0.3, 0.4) is 0 Å². The quantitative estimate of drug-likeness (QED) is 0.299. The third-order valence-electron chi connectivity index (χ3n) is 4.36. The van der Waals surface area contributed by atoms with Gasteiger partial charge in [-0.25, -0.2) is 23.7 Å². The molecule has 0 aliphatic heterocycles. The number of aromatic amines is 1. The predicted octanol–water partition coefficient (Wildman–Crippen LogP) is 4.33. The molecule has 0 saturated carbocycles. The topological polar surface area (TPSA) is 101 Å². The summed E-state index contributed by atoms with van der Waals surface area (Å²) in [7, 11) is 1.90. The van der Waals surface area contributed by atoms with Gasteiger partial charge in [0.15, 0.2) is 11.5 Å². The van der Waals surface area contributed by atoms with Crippen LogP contribution in [0.15, 0.2) is 41.7 Å². The molecule has 11 heteroatoms. The standard InChI is InChI=1S/C19H17F2N7OS/c1-28-7-13(22-8-28)10-3-4-11(14(5-10)30-2)24-12-6-15(23-9-29)25-18-16(12)26-19(27-18)17(20)21/h3-9,17H,1-2H3,(H3,23,24,25,26,27,29). The molecule has 0 spiro atoms. The number of fused-ring (bicyclic) bond motifs is 1. The smallest absolute Gasteiger partial charge is 0.295 e. The zero-order chi connectivity index (χ0) is 21.3. The molecular weight excluding hydrogens is 412 g/mol. The number of hydrogen-bond donors (Lipinski definition) is 3. The van der Waals surface area contributed by atoms with Crippen molar-refractivity contribution in [2.24, 2.45) is 7.05 Å². The number of aryl methyl sites for hydroxylation is 1.